The van der Waals surface area contributed by atoms with E-state index in [0.29, 0.717) is 12.3 Å². The van der Waals surface area contributed by atoms with Gasteiger partial charge >= 0.3 is 5.97 Å². The number of nitrogens with two attached hydrogens (primary N) is 1. The molecule has 7 heteroatoms. The fraction of sp³-hybridized carbons (Fsp3) is 0.714. The van der Waals surface area contributed by atoms with Gasteiger partial charge in [0.1, 0.15) is 6.04 Å². The van der Waals surface area contributed by atoms with Gasteiger partial charge in [0, 0.05) is 30.8 Å². The van der Waals surface area contributed by atoms with Gasteiger partial charge in [-0.15, -0.1) is 12.4 Å². The number of thioether (sulfide) groups is 1. The number of halogens is 1. The van der Waals surface area contributed by atoms with Crippen LogP contribution in [0.2, 0.25) is 0 Å². The first kappa shape index (κ1) is 16.1. The van der Waals surface area contributed by atoms with E-state index < -0.39 is 12.0 Å². The molecule has 0 spiro atoms. The first-order valence-corrected chi connectivity index (χ1v) is 5.09. The van der Waals surface area contributed by atoms with Crippen molar-refractivity contribution in [2.75, 3.05) is 24.6 Å². The van der Waals surface area contributed by atoms with Crippen LogP contribution in [0.1, 0.15) is 0 Å². The maximum Gasteiger partial charge on any atom is 0.321 e. The van der Waals surface area contributed by atoms with Crippen LogP contribution in [-0.4, -0.2) is 47.9 Å². The summed E-state index contributed by atoms with van der Waals surface area (Å²) in [6.45, 7) is 1.33. The predicted molar refractivity (Wildman–Crippen MR) is 61.8 cm³/mol. The molecule has 0 aromatic heterocycles. The highest BCUT2D eigenvalue weighted by atomic mass is 35.5. The maximum atomic E-state index is 10.3. The molecule has 0 saturated carbocycles. The third kappa shape index (κ3) is 9.79. The molecule has 84 valence electrons. The molecule has 1 atom stereocenters. The van der Waals surface area contributed by atoms with Crippen LogP contribution in [0.5, 0.6) is 0 Å². The average molecular weight is 242 g/mol. The second-order valence-electron chi connectivity index (χ2n) is 2.43. The minimum Gasteiger partial charge on any atom is -0.480 e. The van der Waals surface area contributed by atoms with E-state index in [-0.39, 0.29) is 12.4 Å². The summed E-state index contributed by atoms with van der Waals surface area (Å²) in [5.74, 6) is 0.288. The van der Waals surface area contributed by atoms with E-state index in [1.165, 1.54) is 18.0 Å². The molecule has 0 aliphatic rings. The van der Waals surface area contributed by atoms with E-state index >= 15 is 0 Å². The summed E-state index contributed by atoms with van der Waals surface area (Å²) in [5, 5.41) is 18.1. The van der Waals surface area contributed by atoms with E-state index in [2.05, 4.69) is 5.32 Å². The van der Waals surface area contributed by atoms with Crippen molar-refractivity contribution in [1.29, 1.82) is 5.41 Å². The summed E-state index contributed by atoms with van der Waals surface area (Å²) in [6.07, 6.45) is 1.29. The van der Waals surface area contributed by atoms with E-state index in [1.807, 2.05) is 0 Å². The Bertz CT molecular complexity index is 171. The van der Waals surface area contributed by atoms with Gasteiger partial charge in [0.25, 0.3) is 0 Å². The highest BCUT2D eigenvalue weighted by Gasteiger charge is 2.09. The Kier molecular flexibility index (Phi) is 12.4. The Morgan fingerprint density at radius 3 is 2.86 bits per heavy atom. The number of hydrogen-bond donors (Lipinski definition) is 4. The lowest BCUT2D eigenvalue weighted by Gasteiger charge is -2.05. The lowest BCUT2D eigenvalue weighted by molar-refractivity contribution is -0.137. The van der Waals surface area contributed by atoms with Gasteiger partial charge in [-0.05, 0) is 0 Å². The molecule has 5 N–H and O–H groups in total. The summed E-state index contributed by atoms with van der Waals surface area (Å²) >= 11 is 1.50. The van der Waals surface area contributed by atoms with Crippen LogP contribution in [0.15, 0.2) is 0 Å². The van der Waals surface area contributed by atoms with Crippen LogP contribution in [0.3, 0.4) is 0 Å². The Morgan fingerprint density at radius 2 is 2.36 bits per heavy atom. The largest absolute Gasteiger partial charge is 0.480 e. The van der Waals surface area contributed by atoms with Gasteiger partial charge in [-0.2, -0.15) is 11.8 Å². The van der Waals surface area contributed by atoms with Crippen LogP contribution in [0.25, 0.3) is 0 Å². The summed E-state index contributed by atoms with van der Waals surface area (Å²) in [6, 6.07) is -0.771. The average Bonchev–Trinajstić information content (AvgIpc) is 2.10. The zero-order valence-corrected chi connectivity index (χ0v) is 9.37. The first-order valence-electron chi connectivity index (χ1n) is 3.94. The molecule has 0 saturated heterocycles. The quantitative estimate of drug-likeness (QED) is 0.348. The SMILES string of the molecule is Cl.N=CCNCCSC[C@H](N)C(=O)O. The van der Waals surface area contributed by atoms with E-state index in [1.54, 1.807) is 0 Å². The number of nitrogens with one attached hydrogen (secondary N) is 2. The lowest BCUT2D eigenvalue weighted by atomic mass is 10.4. The molecular formula is C7H16ClN3O2S. The smallest absolute Gasteiger partial charge is 0.321 e. The molecule has 0 rings (SSSR count). The highest BCUT2D eigenvalue weighted by Crippen LogP contribution is 2.00. The molecule has 0 radical (unpaired) electrons. The first-order chi connectivity index (χ1) is 6.18. The molecule has 0 unspecified atom stereocenters. The van der Waals surface area contributed by atoms with Crippen molar-refractivity contribution in [3.63, 3.8) is 0 Å². The molecule has 14 heavy (non-hydrogen) atoms. The summed E-state index contributed by atoms with van der Waals surface area (Å²) in [7, 11) is 0. The van der Waals surface area contributed by atoms with Crippen molar-refractivity contribution >= 4 is 36.4 Å². The second-order valence-corrected chi connectivity index (χ2v) is 3.58. The number of rotatable bonds is 8. The zero-order valence-electron chi connectivity index (χ0n) is 7.73. The Morgan fingerprint density at radius 1 is 1.71 bits per heavy atom. The third-order valence-electron chi connectivity index (χ3n) is 1.28. The Hall–Kier alpha value is -0.300. The summed E-state index contributed by atoms with van der Waals surface area (Å²) in [4.78, 5) is 10.3. The number of carboxylic acid groups (broad SMARTS) is 1. The molecule has 0 aliphatic carbocycles. The number of hydrogen-bond acceptors (Lipinski definition) is 5. The fourth-order valence-corrected chi connectivity index (χ4v) is 1.45. The second kappa shape index (κ2) is 10.8. The molecule has 0 bridgehead atoms. The van der Waals surface area contributed by atoms with E-state index in [9.17, 15) is 4.79 Å². The number of carboxylic acids is 1. The lowest BCUT2D eigenvalue weighted by Crippen LogP contribution is -2.33. The molecule has 0 aromatic carbocycles. The minimum absolute atomic E-state index is 0. The molecule has 0 amide bonds. The van der Waals surface area contributed by atoms with Gasteiger partial charge in [0.2, 0.25) is 0 Å². The van der Waals surface area contributed by atoms with Gasteiger partial charge in [0.05, 0.1) is 0 Å². The van der Waals surface area contributed by atoms with Crippen molar-refractivity contribution in [3.8, 4) is 0 Å². The van der Waals surface area contributed by atoms with Crippen molar-refractivity contribution < 1.29 is 9.90 Å². The Labute approximate surface area is 93.7 Å². The minimum atomic E-state index is -0.958. The monoisotopic (exact) mass is 241 g/mol. The number of aliphatic carboxylic acids is 1. The summed E-state index contributed by atoms with van der Waals surface area (Å²) in [5.41, 5.74) is 5.28. The van der Waals surface area contributed by atoms with Crippen molar-refractivity contribution in [1.82, 2.24) is 5.32 Å². The molecule has 0 fully saturated rings. The van der Waals surface area contributed by atoms with Crippen LogP contribution in [-0.2, 0) is 4.79 Å². The molecule has 0 aromatic rings. The van der Waals surface area contributed by atoms with Crippen molar-refractivity contribution in [3.05, 3.63) is 0 Å². The van der Waals surface area contributed by atoms with Gasteiger partial charge in [-0.1, -0.05) is 0 Å². The normalized spacial score (nSPS) is 11.5. The molecule has 0 aliphatic heterocycles. The van der Waals surface area contributed by atoms with E-state index in [0.717, 1.165) is 12.3 Å². The zero-order chi connectivity index (χ0) is 10.1. The van der Waals surface area contributed by atoms with Gasteiger partial charge < -0.3 is 21.6 Å². The van der Waals surface area contributed by atoms with Crippen molar-refractivity contribution in [2.45, 2.75) is 6.04 Å². The topological polar surface area (TPSA) is 99.2 Å². The maximum absolute atomic E-state index is 10.3. The predicted octanol–water partition coefficient (Wildman–Crippen LogP) is -0.208. The number of carbonyl (C=O) groups is 1. The van der Waals surface area contributed by atoms with Crippen LogP contribution < -0.4 is 11.1 Å². The van der Waals surface area contributed by atoms with Crippen LogP contribution in [0, 0.1) is 5.41 Å². The summed E-state index contributed by atoms with van der Waals surface area (Å²) < 4.78 is 0. The van der Waals surface area contributed by atoms with Crippen molar-refractivity contribution in [2.24, 2.45) is 5.73 Å². The van der Waals surface area contributed by atoms with Gasteiger partial charge in [0.15, 0.2) is 0 Å². The standard InChI is InChI=1S/C7H15N3O2S.ClH/c8-1-2-10-3-4-13-5-6(9)7(11)12;/h1,6,8,10H,2-5,9H2,(H,11,12);1H/t6-;/m0./s1. The van der Waals surface area contributed by atoms with E-state index in [4.69, 9.17) is 16.2 Å². The fourth-order valence-electron chi connectivity index (χ4n) is 0.600. The molecule has 0 heterocycles. The van der Waals surface area contributed by atoms with Gasteiger partial charge in [-0.25, -0.2) is 0 Å². The molecular weight excluding hydrogens is 226 g/mol. The third-order valence-corrected chi connectivity index (χ3v) is 2.37. The highest BCUT2D eigenvalue weighted by molar-refractivity contribution is 7.99. The van der Waals surface area contributed by atoms with Gasteiger partial charge in [-0.3, -0.25) is 4.79 Å². The van der Waals surface area contributed by atoms with Crippen LogP contribution >= 0.6 is 24.2 Å². The molecule has 5 nitrogen and oxygen atoms in total. The Balaban J connectivity index is 0. The van der Waals surface area contributed by atoms with Crippen LogP contribution in [0.4, 0.5) is 0 Å².